The van der Waals surface area contributed by atoms with Crippen LogP contribution in [0.25, 0.3) is 0 Å². The Hall–Kier alpha value is -2.68. The number of hydrogen-bond acceptors (Lipinski definition) is 6. The van der Waals surface area contributed by atoms with E-state index in [1.807, 2.05) is 10.8 Å². The standard InChI is InChI=1S/C17H21N5O4/c1-11-9-12(20-26-11)15(24)21-6-3-17(4-7-21)16-19-5-8-22(16)10-13(25-17)14(23)18-2/h5,8-9,13H,3-4,6-7,10H2,1-2H3,(H,18,23)/t13-/m1/s1. The lowest BCUT2D eigenvalue weighted by atomic mass is 9.88. The normalized spacial score (nSPS) is 21.5. The Balaban J connectivity index is 1.54. The van der Waals surface area contributed by atoms with E-state index >= 15 is 0 Å². The van der Waals surface area contributed by atoms with Crippen LogP contribution < -0.4 is 5.32 Å². The minimum Gasteiger partial charge on any atom is -0.361 e. The Kier molecular flexibility index (Phi) is 4.03. The van der Waals surface area contributed by atoms with Crippen molar-refractivity contribution in [2.45, 2.75) is 38.0 Å². The number of fused-ring (bicyclic) bond motifs is 2. The van der Waals surface area contributed by atoms with E-state index in [0.29, 0.717) is 43.9 Å². The molecule has 0 saturated carbocycles. The first-order valence-corrected chi connectivity index (χ1v) is 8.66. The van der Waals surface area contributed by atoms with Crippen molar-refractivity contribution in [2.75, 3.05) is 20.1 Å². The maximum atomic E-state index is 12.6. The lowest BCUT2D eigenvalue weighted by Gasteiger charge is -2.45. The van der Waals surface area contributed by atoms with Gasteiger partial charge in [-0.2, -0.15) is 0 Å². The molecule has 0 aliphatic carbocycles. The number of aromatic nitrogens is 3. The van der Waals surface area contributed by atoms with Crippen molar-refractivity contribution in [1.29, 1.82) is 0 Å². The van der Waals surface area contributed by atoms with Gasteiger partial charge in [0.25, 0.3) is 11.8 Å². The third kappa shape index (κ3) is 2.68. The van der Waals surface area contributed by atoms with Gasteiger partial charge in [-0.3, -0.25) is 9.59 Å². The van der Waals surface area contributed by atoms with Gasteiger partial charge < -0.3 is 24.0 Å². The Labute approximate surface area is 150 Å². The third-order valence-corrected chi connectivity index (χ3v) is 5.10. The van der Waals surface area contributed by atoms with Crippen molar-refractivity contribution in [2.24, 2.45) is 0 Å². The van der Waals surface area contributed by atoms with Crippen LogP contribution in [0, 0.1) is 6.92 Å². The number of piperidine rings is 1. The van der Waals surface area contributed by atoms with Crippen molar-refractivity contribution < 1.29 is 18.8 Å². The first-order valence-electron chi connectivity index (χ1n) is 8.66. The summed E-state index contributed by atoms with van der Waals surface area (Å²) in [7, 11) is 1.60. The second kappa shape index (κ2) is 6.24. The summed E-state index contributed by atoms with van der Waals surface area (Å²) >= 11 is 0. The zero-order chi connectivity index (χ0) is 18.3. The Morgan fingerprint density at radius 3 is 2.77 bits per heavy atom. The second-order valence-electron chi connectivity index (χ2n) is 6.73. The zero-order valence-corrected chi connectivity index (χ0v) is 14.8. The van der Waals surface area contributed by atoms with E-state index in [1.54, 1.807) is 31.1 Å². The number of aryl methyl sites for hydroxylation is 1. The summed E-state index contributed by atoms with van der Waals surface area (Å²) in [4.78, 5) is 30.9. The molecule has 4 rings (SSSR count). The highest BCUT2D eigenvalue weighted by Crippen LogP contribution is 2.40. The lowest BCUT2D eigenvalue weighted by molar-refractivity contribution is -0.171. The molecule has 2 aliphatic rings. The molecule has 26 heavy (non-hydrogen) atoms. The number of nitrogens with one attached hydrogen (secondary N) is 1. The minimum atomic E-state index is -0.657. The maximum absolute atomic E-state index is 12.6. The van der Waals surface area contributed by atoms with Gasteiger partial charge in [0, 0.05) is 51.4 Å². The quantitative estimate of drug-likeness (QED) is 0.835. The molecule has 0 radical (unpaired) electrons. The predicted octanol–water partition coefficient (Wildman–Crippen LogP) is 0.456. The number of hydrogen-bond donors (Lipinski definition) is 1. The molecule has 2 aliphatic heterocycles. The van der Waals surface area contributed by atoms with E-state index < -0.39 is 11.7 Å². The van der Waals surface area contributed by atoms with E-state index in [1.165, 1.54) is 0 Å². The van der Waals surface area contributed by atoms with Crippen LogP contribution in [0.3, 0.4) is 0 Å². The highest BCUT2D eigenvalue weighted by Gasteiger charge is 2.47. The van der Waals surface area contributed by atoms with E-state index in [9.17, 15) is 9.59 Å². The summed E-state index contributed by atoms with van der Waals surface area (Å²) in [5.41, 5.74) is -0.345. The molecule has 2 amide bonds. The van der Waals surface area contributed by atoms with E-state index in [4.69, 9.17) is 9.26 Å². The van der Waals surface area contributed by atoms with Gasteiger partial charge in [0.1, 0.15) is 17.2 Å². The number of carbonyl (C=O) groups excluding carboxylic acids is 2. The maximum Gasteiger partial charge on any atom is 0.276 e. The molecule has 1 spiro atoms. The molecule has 1 fully saturated rings. The fraction of sp³-hybridized carbons (Fsp3) is 0.529. The lowest BCUT2D eigenvalue weighted by Crippen LogP contribution is -2.54. The smallest absolute Gasteiger partial charge is 0.276 e. The van der Waals surface area contributed by atoms with Crippen molar-refractivity contribution in [3.8, 4) is 0 Å². The molecule has 0 bridgehead atoms. The van der Waals surface area contributed by atoms with Crippen LogP contribution in [0.4, 0.5) is 0 Å². The first kappa shape index (κ1) is 16.8. The number of nitrogens with zero attached hydrogens (tertiary/aromatic N) is 4. The number of amides is 2. The van der Waals surface area contributed by atoms with Crippen molar-refractivity contribution >= 4 is 11.8 Å². The van der Waals surface area contributed by atoms with Gasteiger partial charge in [0.05, 0.1) is 6.54 Å². The van der Waals surface area contributed by atoms with Gasteiger partial charge in [-0.05, 0) is 6.92 Å². The number of rotatable bonds is 2. The molecule has 1 N–H and O–H groups in total. The highest BCUT2D eigenvalue weighted by atomic mass is 16.5. The number of likely N-dealkylation sites (tertiary alicyclic amines) is 1. The summed E-state index contributed by atoms with van der Waals surface area (Å²) in [6.45, 7) is 3.19. The SMILES string of the molecule is CNC(=O)[C@H]1Cn2ccnc2C2(CCN(C(=O)c3cc(C)on3)CC2)O1. The number of ether oxygens (including phenoxy) is 1. The average molecular weight is 359 g/mol. The summed E-state index contributed by atoms with van der Waals surface area (Å²) in [5, 5.41) is 6.45. The summed E-state index contributed by atoms with van der Waals surface area (Å²) < 4.78 is 13.2. The van der Waals surface area contributed by atoms with Crippen LogP contribution >= 0.6 is 0 Å². The second-order valence-corrected chi connectivity index (χ2v) is 6.73. The van der Waals surface area contributed by atoms with Gasteiger partial charge in [-0.1, -0.05) is 5.16 Å². The van der Waals surface area contributed by atoms with Gasteiger partial charge >= 0.3 is 0 Å². The number of likely N-dealkylation sites (N-methyl/N-ethyl adjacent to an activating group) is 1. The van der Waals surface area contributed by atoms with Crippen molar-refractivity contribution in [1.82, 2.24) is 24.9 Å². The molecule has 9 nitrogen and oxygen atoms in total. The zero-order valence-electron chi connectivity index (χ0n) is 14.8. The molecule has 2 aromatic heterocycles. The van der Waals surface area contributed by atoms with E-state index in [0.717, 1.165) is 5.82 Å². The van der Waals surface area contributed by atoms with Crippen LogP contribution in [0.1, 0.15) is 34.9 Å². The Morgan fingerprint density at radius 1 is 1.35 bits per heavy atom. The van der Waals surface area contributed by atoms with Crippen LogP contribution in [0.2, 0.25) is 0 Å². The molecular weight excluding hydrogens is 338 g/mol. The fourth-order valence-corrected chi connectivity index (χ4v) is 3.74. The van der Waals surface area contributed by atoms with E-state index in [-0.39, 0.29) is 11.8 Å². The molecule has 138 valence electrons. The first-order chi connectivity index (χ1) is 12.5. The monoisotopic (exact) mass is 359 g/mol. The molecular formula is C17H21N5O4. The molecule has 1 saturated heterocycles. The molecule has 4 heterocycles. The molecule has 9 heteroatoms. The molecule has 2 aromatic rings. The average Bonchev–Trinajstić information content (AvgIpc) is 3.30. The molecule has 1 atom stereocenters. The summed E-state index contributed by atoms with van der Waals surface area (Å²) in [6.07, 6.45) is 4.16. The Morgan fingerprint density at radius 2 is 2.12 bits per heavy atom. The largest absolute Gasteiger partial charge is 0.361 e. The topological polar surface area (TPSA) is 102 Å². The third-order valence-electron chi connectivity index (χ3n) is 5.10. The van der Waals surface area contributed by atoms with Gasteiger partial charge in [0.15, 0.2) is 11.8 Å². The van der Waals surface area contributed by atoms with Gasteiger partial charge in [-0.25, -0.2) is 4.98 Å². The molecule has 0 aromatic carbocycles. The van der Waals surface area contributed by atoms with Crippen LogP contribution in [-0.2, 0) is 21.7 Å². The predicted molar refractivity (Wildman–Crippen MR) is 89.2 cm³/mol. The molecule has 0 unspecified atom stereocenters. The Bertz CT molecular complexity index is 834. The van der Waals surface area contributed by atoms with Crippen molar-refractivity contribution in [3.05, 3.63) is 35.7 Å². The van der Waals surface area contributed by atoms with Crippen LogP contribution in [0.5, 0.6) is 0 Å². The van der Waals surface area contributed by atoms with E-state index in [2.05, 4.69) is 15.5 Å². The summed E-state index contributed by atoms with van der Waals surface area (Å²) in [5.74, 6) is 1.12. The van der Waals surface area contributed by atoms with Crippen molar-refractivity contribution in [3.63, 3.8) is 0 Å². The highest BCUT2D eigenvalue weighted by molar-refractivity contribution is 5.92. The van der Waals surface area contributed by atoms with Crippen LogP contribution in [-0.4, -0.2) is 57.7 Å². The summed E-state index contributed by atoms with van der Waals surface area (Å²) in [6, 6.07) is 1.64. The van der Waals surface area contributed by atoms with Gasteiger partial charge in [-0.15, -0.1) is 0 Å². The number of carbonyl (C=O) groups is 2. The van der Waals surface area contributed by atoms with Crippen LogP contribution in [0.15, 0.2) is 23.0 Å². The minimum absolute atomic E-state index is 0.152. The van der Waals surface area contributed by atoms with Gasteiger partial charge in [0.2, 0.25) is 0 Å². The fourth-order valence-electron chi connectivity index (χ4n) is 3.74. The number of imidazole rings is 1.